The van der Waals surface area contributed by atoms with E-state index in [1.807, 2.05) is 0 Å². The Morgan fingerprint density at radius 1 is 1.39 bits per heavy atom. The van der Waals surface area contributed by atoms with Crippen molar-refractivity contribution in [2.45, 2.75) is 26.4 Å². The van der Waals surface area contributed by atoms with E-state index in [-0.39, 0.29) is 12.5 Å². The maximum atomic E-state index is 11.3. The minimum atomic E-state index is -0.387. The van der Waals surface area contributed by atoms with Gasteiger partial charge in [0.2, 0.25) is 0 Å². The number of nitrogens with one attached hydrogen (secondary N) is 1. The maximum Gasteiger partial charge on any atom is 0.268 e. The Balaban J connectivity index is 2.19. The van der Waals surface area contributed by atoms with Gasteiger partial charge in [0.15, 0.2) is 0 Å². The first-order valence-corrected chi connectivity index (χ1v) is 6.02. The van der Waals surface area contributed by atoms with Crippen LogP contribution in [0.25, 0.3) is 0 Å². The molecule has 1 amide bonds. The molecule has 3 N–H and O–H groups in total. The molecule has 0 spiro atoms. The second-order valence-electron chi connectivity index (χ2n) is 3.75. The fraction of sp³-hybridized carbons (Fsp3) is 0.583. The monoisotopic (exact) mass is 256 g/mol. The lowest BCUT2D eigenvalue weighted by Gasteiger charge is -2.05. The van der Waals surface area contributed by atoms with Gasteiger partial charge in [-0.05, 0) is 12.5 Å². The molecule has 18 heavy (non-hydrogen) atoms. The van der Waals surface area contributed by atoms with Crippen LogP contribution in [-0.2, 0) is 16.1 Å². The van der Waals surface area contributed by atoms with Gasteiger partial charge in [0.25, 0.3) is 5.91 Å². The van der Waals surface area contributed by atoms with E-state index in [1.165, 1.54) is 6.26 Å². The number of unbranched alkanes of at least 4 members (excludes halogenated alkanes) is 1. The SMILES string of the molecule is CCCCOCCOCc1occc1C(=O)NN. The van der Waals surface area contributed by atoms with Crippen molar-refractivity contribution in [2.24, 2.45) is 5.84 Å². The number of hydrogen-bond donors (Lipinski definition) is 2. The van der Waals surface area contributed by atoms with Crippen molar-refractivity contribution in [3.8, 4) is 0 Å². The van der Waals surface area contributed by atoms with Crippen molar-refractivity contribution in [1.29, 1.82) is 0 Å². The molecule has 1 heterocycles. The lowest BCUT2D eigenvalue weighted by atomic mass is 10.2. The molecule has 0 aliphatic carbocycles. The first kappa shape index (κ1) is 14.7. The number of rotatable bonds is 9. The Hall–Kier alpha value is -1.37. The third kappa shape index (κ3) is 4.87. The summed E-state index contributed by atoms with van der Waals surface area (Å²) < 4.78 is 15.8. The van der Waals surface area contributed by atoms with E-state index >= 15 is 0 Å². The second-order valence-corrected chi connectivity index (χ2v) is 3.75. The van der Waals surface area contributed by atoms with Crippen molar-refractivity contribution in [2.75, 3.05) is 19.8 Å². The molecule has 0 radical (unpaired) electrons. The number of nitrogens with two attached hydrogens (primary N) is 1. The molecule has 0 unspecified atom stereocenters. The Morgan fingerprint density at radius 3 is 2.89 bits per heavy atom. The number of furan rings is 1. The molecule has 0 aliphatic heterocycles. The molecule has 0 aromatic carbocycles. The molecule has 0 aliphatic rings. The Labute approximate surface area is 106 Å². The summed E-state index contributed by atoms with van der Waals surface area (Å²) in [5, 5.41) is 0. The highest BCUT2D eigenvalue weighted by molar-refractivity contribution is 5.94. The summed E-state index contributed by atoms with van der Waals surface area (Å²) in [5.41, 5.74) is 2.45. The molecule has 1 aromatic heterocycles. The van der Waals surface area contributed by atoms with Crippen molar-refractivity contribution < 1.29 is 18.7 Å². The zero-order valence-electron chi connectivity index (χ0n) is 10.6. The molecule has 0 fully saturated rings. The quantitative estimate of drug-likeness (QED) is 0.300. The molecule has 0 saturated heterocycles. The normalized spacial score (nSPS) is 10.6. The first-order valence-electron chi connectivity index (χ1n) is 6.02. The Bertz CT molecular complexity index is 352. The average molecular weight is 256 g/mol. The average Bonchev–Trinajstić information content (AvgIpc) is 2.85. The van der Waals surface area contributed by atoms with Gasteiger partial charge in [0, 0.05) is 6.61 Å². The molecular formula is C12H20N2O4. The Morgan fingerprint density at radius 2 is 2.17 bits per heavy atom. The van der Waals surface area contributed by atoms with Gasteiger partial charge in [0.1, 0.15) is 12.4 Å². The zero-order valence-corrected chi connectivity index (χ0v) is 10.6. The molecule has 0 bridgehead atoms. The van der Waals surface area contributed by atoms with Crippen LogP contribution in [0.5, 0.6) is 0 Å². The van der Waals surface area contributed by atoms with Crippen molar-refractivity contribution in [3.63, 3.8) is 0 Å². The molecular weight excluding hydrogens is 236 g/mol. The number of hydrazine groups is 1. The van der Waals surface area contributed by atoms with Gasteiger partial charge in [-0.3, -0.25) is 10.2 Å². The molecule has 0 atom stereocenters. The summed E-state index contributed by atoms with van der Waals surface area (Å²) >= 11 is 0. The van der Waals surface area contributed by atoms with Crippen LogP contribution in [0.15, 0.2) is 16.7 Å². The number of amides is 1. The van der Waals surface area contributed by atoms with Gasteiger partial charge < -0.3 is 13.9 Å². The van der Waals surface area contributed by atoms with Crippen LogP contribution in [0.4, 0.5) is 0 Å². The van der Waals surface area contributed by atoms with Gasteiger partial charge in [-0.2, -0.15) is 0 Å². The van der Waals surface area contributed by atoms with Gasteiger partial charge in [-0.25, -0.2) is 5.84 Å². The van der Waals surface area contributed by atoms with Crippen molar-refractivity contribution in [3.05, 3.63) is 23.7 Å². The molecule has 102 valence electrons. The molecule has 1 rings (SSSR count). The molecule has 0 saturated carbocycles. The van der Waals surface area contributed by atoms with Crippen LogP contribution >= 0.6 is 0 Å². The summed E-state index contributed by atoms with van der Waals surface area (Å²) in [6, 6.07) is 1.55. The minimum absolute atomic E-state index is 0.229. The number of hydrogen-bond acceptors (Lipinski definition) is 5. The van der Waals surface area contributed by atoms with Gasteiger partial charge in [-0.1, -0.05) is 13.3 Å². The number of ether oxygens (including phenoxy) is 2. The maximum absolute atomic E-state index is 11.3. The van der Waals surface area contributed by atoms with E-state index in [0.29, 0.717) is 24.5 Å². The van der Waals surface area contributed by atoms with Gasteiger partial charge in [-0.15, -0.1) is 0 Å². The van der Waals surface area contributed by atoms with Gasteiger partial charge >= 0.3 is 0 Å². The van der Waals surface area contributed by atoms with Crippen LogP contribution in [0, 0.1) is 0 Å². The number of carbonyl (C=O) groups is 1. The lowest BCUT2D eigenvalue weighted by molar-refractivity contribution is 0.0336. The second kappa shape index (κ2) is 8.68. The number of carbonyl (C=O) groups excluding carboxylic acids is 1. The van der Waals surface area contributed by atoms with Crippen molar-refractivity contribution >= 4 is 5.91 Å². The summed E-state index contributed by atoms with van der Waals surface area (Å²) in [5.74, 6) is 5.13. The fourth-order valence-corrected chi connectivity index (χ4v) is 1.36. The van der Waals surface area contributed by atoms with E-state index in [2.05, 4.69) is 12.3 Å². The van der Waals surface area contributed by atoms with Crippen molar-refractivity contribution in [1.82, 2.24) is 5.43 Å². The van der Waals surface area contributed by atoms with E-state index in [9.17, 15) is 4.79 Å². The summed E-state index contributed by atoms with van der Waals surface area (Å²) in [4.78, 5) is 11.3. The van der Waals surface area contributed by atoms with Crippen LogP contribution in [0.1, 0.15) is 35.9 Å². The van der Waals surface area contributed by atoms with E-state index < -0.39 is 0 Å². The minimum Gasteiger partial charge on any atom is -0.466 e. The molecule has 1 aromatic rings. The molecule has 6 heteroatoms. The van der Waals surface area contributed by atoms with E-state index in [0.717, 1.165) is 19.4 Å². The summed E-state index contributed by atoms with van der Waals surface area (Å²) in [7, 11) is 0. The largest absolute Gasteiger partial charge is 0.466 e. The third-order valence-electron chi connectivity index (χ3n) is 2.37. The third-order valence-corrected chi connectivity index (χ3v) is 2.37. The predicted octanol–water partition coefficient (Wildman–Crippen LogP) is 1.22. The topological polar surface area (TPSA) is 86.7 Å². The summed E-state index contributed by atoms with van der Waals surface area (Å²) in [6.07, 6.45) is 3.60. The van der Waals surface area contributed by atoms with Crippen LogP contribution in [0.3, 0.4) is 0 Å². The van der Waals surface area contributed by atoms with Crippen LogP contribution in [-0.4, -0.2) is 25.7 Å². The van der Waals surface area contributed by atoms with E-state index in [4.69, 9.17) is 19.7 Å². The lowest BCUT2D eigenvalue weighted by Crippen LogP contribution is -2.30. The van der Waals surface area contributed by atoms with Crippen LogP contribution in [0.2, 0.25) is 0 Å². The predicted molar refractivity (Wildman–Crippen MR) is 65.7 cm³/mol. The standard InChI is InChI=1S/C12H20N2O4/c1-2-3-5-16-7-8-17-9-11-10(4-6-18-11)12(15)14-13/h4,6H,2-3,5,7-9,13H2,1H3,(H,14,15). The zero-order chi connectivity index (χ0) is 13.2. The number of nitrogen functional groups attached to an aromatic ring is 1. The highest BCUT2D eigenvalue weighted by atomic mass is 16.5. The highest BCUT2D eigenvalue weighted by Gasteiger charge is 2.13. The summed E-state index contributed by atoms with van der Waals surface area (Å²) in [6.45, 7) is 4.10. The fourth-order valence-electron chi connectivity index (χ4n) is 1.36. The first-order chi connectivity index (χ1) is 8.79. The Kier molecular flexibility index (Phi) is 7.09. The van der Waals surface area contributed by atoms with E-state index in [1.54, 1.807) is 6.07 Å². The van der Waals surface area contributed by atoms with Gasteiger partial charge in [0.05, 0.1) is 25.0 Å². The van der Waals surface area contributed by atoms with Crippen LogP contribution < -0.4 is 11.3 Å². The molecule has 6 nitrogen and oxygen atoms in total. The smallest absolute Gasteiger partial charge is 0.268 e. The highest BCUT2D eigenvalue weighted by Crippen LogP contribution is 2.11.